The Kier molecular flexibility index (Phi) is 7.59. The van der Waals surface area contributed by atoms with Crippen LogP contribution >= 0.6 is 11.3 Å². The smallest absolute Gasteiger partial charge is 0.341 e. The highest BCUT2D eigenvalue weighted by Gasteiger charge is 2.29. The van der Waals surface area contributed by atoms with Crippen molar-refractivity contribution in [2.75, 3.05) is 31.7 Å². The summed E-state index contributed by atoms with van der Waals surface area (Å²) in [5.74, 6) is -0.985. The SMILES string of the molecule is CCOCC(=O)OCC(=O)Nc1sc2c(c1C(=O)OCC)CC[C@@H](C)C2. The van der Waals surface area contributed by atoms with Gasteiger partial charge in [0.25, 0.3) is 5.91 Å². The molecular formula is C18H25NO6S. The zero-order chi connectivity index (χ0) is 19.1. The second-order valence-corrected chi connectivity index (χ2v) is 7.23. The molecule has 0 bridgehead atoms. The van der Waals surface area contributed by atoms with Gasteiger partial charge in [0, 0.05) is 11.5 Å². The first-order valence-corrected chi connectivity index (χ1v) is 9.62. The molecule has 0 aromatic carbocycles. The predicted molar refractivity (Wildman–Crippen MR) is 97.5 cm³/mol. The fraction of sp³-hybridized carbons (Fsp3) is 0.611. The van der Waals surface area contributed by atoms with E-state index in [1.54, 1.807) is 13.8 Å². The first-order valence-electron chi connectivity index (χ1n) is 8.81. The van der Waals surface area contributed by atoms with Gasteiger partial charge in [0.2, 0.25) is 0 Å². The number of ether oxygens (including phenoxy) is 3. The minimum atomic E-state index is -0.605. The van der Waals surface area contributed by atoms with Gasteiger partial charge in [0.1, 0.15) is 11.6 Å². The minimum absolute atomic E-state index is 0.191. The number of carbonyl (C=O) groups is 3. The maximum absolute atomic E-state index is 12.4. The van der Waals surface area contributed by atoms with Gasteiger partial charge in [-0.25, -0.2) is 9.59 Å². The Morgan fingerprint density at radius 2 is 1.92 bits per heavy atom. The molecule has 0 aliphatic heterocycles. The van der Waals surface area contributed by atoms with Crippen molar-refractivity contribution in [1.82, 2.24) is 0 Å². The molecule has 0 unspecified atom stereocenters. The number of nitrogens with one attached hydrogen (secondary N) is 1. The molecule has 1 heterocycles. The molecule has 0 spiro atoms. The summed E-state index contributed by atoms with van der Waals surface area (Å²) in [6, 6.07) is 0. The Morgan fingerprint density at radius 1 is 1.15 bits per heavy atom. The van der Waals surface area contributed by atoms with Gasteiger partial charge in [-0.2, -0.15) is 0 Å². The van der Waals surface area contributed by atoms with Crippen LogP contribution in [0.3, 0.4) is 0 Å². The van der Waals surface area contributed by atoms with Gasteiger partial charge < -0.3 is 19.5 Å². The molecule has 1 atom stereocenters. The van der Waals surface area contributed by atoms with Crippen LogP contribution in [-0.4, -0.2) is 44.3 Å². The second kappa shape index (κ2) is 9.68. The van der Waals surface area contributed by atoms with Crippen molar-refractivity contribution in [3.63, 3.8) is 0 Å². The van der Waals surface area contributed by atoms with Gasteiger partial charge in [-0.1, -0.05) is 6.92 Å². The monoisotopic (exact) mass is 383 g/mol. The molecule has 144 valence electrons. The van der Waals surface area contributed by atoms with Crippen molar-refractivity contribution >= 4 is 34.2 Å². The number of anilines is 1. The summed E-state index contributed by atoms with van der Waals surface area (Å²) < 4.78 is 14.9. The zero-order valence-electron chi connectivity index (χ0n) is 15.4. The van der Waals surface area contributed by atoms with Crippen LogP contribution in [0.1, 0.15) is 48.0 Å². The number of rotatable bonds is 8. The quantitative estimate of drug-likeness (QED) is 0.694. The highest BCUT2D eigenvalue weighted by Crippen LogP contribution is 2.40. The maximum Gasteiger partial charge on any atom is 0.341 e. The van der Waals surface area contributed by atoms with Crippen LogP contribution in [0.2, 0.25) is 0 Å². The van der Waals surface area contributed by atoms with Crippen LogP contribution in [0, 0.1) is 5.92 Å². The Hall–Kier alpha value is -1.93. The highest BCUT2D eigenvalue weighted by molar-refractivity contribution is 7.17. The van der Waals surface area contributed by atoms with E-state index in [9.17, 15) is 14.4 Å². The first-order chi connectivity index (χ1) is 12.5. The van der Waals surface area contributed by atoms with Crippen molar-refractivity contribution in [2.24, 2.45) is 5.92 Å². The molecule has 1 aliphatic rings. The van der Waals surface area contributed by atoms with E-state index in [-0.39, 0.29) is 13.2 Å². The van der Waals surface area contributed by atoms with E-state index < -0.39 is 24.5 Å². The summed E-state index contributed by atoms with van der Waals surface area (Å²) in [4.78, 5) is 37.0. The molecular weight excluding hydrogens is 358 g/mol. The van der Waals surface area contributed by atoms with Crippen molar-refractivity contribution in [3.05, 3.63) is 16.0 Å². The van der Waals surface area contributed by atoms with E-state index >= 15 is 0 Å². The van der Waals surface area contributed by atoms with E-state index in [1.807, 2.05) is 0 Å². The average Bonchev–Trinajstić information content (AvgIpc) is 2.95. The molecule has 8 heteroatoms. The van der Waals surface area contributed by atoms with Crippen molar-refractivity contribution in [3.8, 4) is 0 Å². The summed E-state index contributed by atoms with van der Waals surface area (Å²) in [6.45, 7) is 5.72. The maximum atomic E-state index is 12.4. The number of thiophene rings is 1. The molecule has 1 aromatic heterocycles. The second-order valence-electron chi connectivity index (χ2n) is 6.12. The van der Waals surface area contributed by atoms with E-state index in [2.05, 4.69) is 12.2 Å². The summed E-state index contributed by atoms with van der Waals surface area (Å²) in [6.07, 6.45) is 2.67. The topological polar surface area (TPSA) is 90.9 Å². The Balaban J connectivity index is 2.09. The Morgan fingerprint density at radius 3 is 2.62 bits per heavy atom. The van der Waals surface area contributed by atoms with Crippen molar-refractivity contribution in [2.45, 2.75) is 40.0 Å². The number of fused-ring (bicyclic) bond motifs is 1. The van der Waals surface area contributed by atoms with Crippen LogP contribution in [0.4, 0.5) is 5.00 Å². The molecule has 7 nitrogen and oxygen atoms in total. The molecule has 0 saturated carbocycles. The molecule has 1 aromatic rings. The lowest BCUT2D eigenvalue weighted by molar-refractivity contribution is -0.151. The third kappa shape index (κ3) is 5.28. The zero-order valence-corrected chi connectivity index (χ0v) is 16.2. The summed E-state index contributed by atoms with van der Waals surface area (Å²) in [7, 11) is 0. The summed E-state index contributed by atoms with van der Waals surface area (Å²) in [5.41, 5.74) is 1.41. The van der Waals surface area contributed by atoms with Crippen LogP contribution in [0.15, 0.2) is 0 Å². The van der Waals surface area contributed by atoms with E-state index in [1.165, 1.54) is 11.3 Å². The minimum Gasteiger partial charge on any atom is -0.462 e. The van der Waals surface area contributed by atoms with E-state index in [4.69, 9.17) is 14.2 Å². The van der Waals surface area contributed by atoms with E-state index in [0.29, 0.717) is 23.1 Å². The first kappa shape index (κ1) is 20.4. The number of esters is 2. The number of hydrogen-bond donors (Lipinski definition) is 1. The number of amides is 1. The molecule has 26 heavy (non-hydrogen) atoms. The Bertz CT molecular complexity index is 669. The molecule has 2 rings (SSSR count). The van der Waals surface area contributed by atoms with Gasteiger partial charge in [0.05, 0.1) is 12.2 Å². The molecule has 1 aliphatic carbocycles. The van der Waals surface area contributed by atoms with Gasteiger partial charge in [0.15, 0.2) is 6.61 Å². The van der Waals surface area contributed by atoms with Gasteiger partial charge >= 0.3 is 11.9 Å². The van der Waals surface area contributed by atoms with Crippen molar-refractivity contribution in [1.29, 1.82) is 0 Å². The number of hydrogen-bond acceptors (Lipinski definition) is 7. The van der Waals surface area contributed by atoms with Crippen LogP contribution in [0.25, 0.3) is 0 Å². The van der Waals surface area contributed by atoms with Gasteiger partial charge in [-0.05, 0) is 44.6 Å². The third-order valence-electron chi connectivity index (χ3n) is 4.03. The molecule has 1 amide bonds. The van der Waals surface area contributed by atoms with E-state index in [0.717, 1.165) is 29.7 Å². The average molecular weight is 383 g/mol. The van der Waals surface area contributed by atoms with Crippen LogP contribution in [-0.2, 0) is 36.6 Å². The number of carbonyl (C=O) groups excluding carboxylic acids is 3. The van der Waals surface area contributed by atoms with Gasteiger partial charge in [-0.15, -0.1) is 11.3 Å². The normalized spacial score (nSPS) is 15.9. The molecule has 0 saturated heterocycles. The highest BCUT2D eigenvalue weighted by atomic mass is 32.1. The van der Waals surface area contributed by atoms with Gasteiger partial charge in [-0.3, -0.25) is 4.79 Å². The lowest BCUT2D eigenvalue weighted by Crippen LogP contribution is -2.23. The lowest BCUT2D eigenvalue weighted by atomic mass is 9.88. The third-order valence-corrected chi connectivity index (χ3v) is 5.20. The van der Waals surface area contributed by atoms with Crippen molar-refractivity contribution < 1.29 is 28.6 Å². The predicted octanol–water partition coefficient (Wildman–Crippen LogP) is 2.57. The fourth-order valence-electron chi connectivity index (χ4n) is 2.79. The standard InChI is InChI=1S/C18H25NO6S/c1-4-23-10-15(21)25-9-14(20)19-17-16(18(22)24-5-2)12-7-6-11(3)8-13(12)26-17/h11H,4-10H2,1-3H3,(H,19,20)/t11-/m1/s1. The molecule has 1 N–H and O–H groups in total. The lowest BCUT2D eigenvalue weighted by Gasteiger charge is -2.18. The summed E-state index contributed by atoms with van der Waals surface area (Å²) >= 11 is 1.40. The molecule has 0 radical (unpaired) electrons. The molecule has 0 fully saturated rings. The van der Waals surface area contributed by atoms with Crippen LogP contribution < -0.4 is 5.32 Å². The Labute approximate surface area is 157 Å². The summed E-state index contributed by atoms with van der Waals surface area (Å²) in [5, 5.41) is 3.16. The fourth-order valence-corrected chi connectivity index (χ4v) is 4.21. The largest absolute Gasteiger partial charge is 0.462 e. The van der Waals surface area contributed by atoms with Crippen LogP contribution in [0.5, 0.6) is 0 Å².